The lowest BCUT2D eigenvalue weighted by Gasteiger charge is -2.00. The molecule has 2 aromatic heterocycles. The van der Waals surface area contributed by atoms with Crippen molar-refractivity contribution in [2.24, 2.45) is 0 Å². The van der Waals surface area contributed by atoms with Gasteiger partial charge in [-0.3, -0.25) is 4.79 Å². The lowest BCUT2D eigenvalue weighted by Crippen LogP contribution is -2.11. The van der Waals surface area contributed by atoms with E-state index in [1.54, 1.807) is 38.1 Å². The van der Waals surface area contributed by atoms with Crippen molar-refractivity contribution in [3.05, 3.63) is 41.5 Å². The molecule has 0 unspecified atom stereocenters. The van der Waals surface area contributed by atoms with Crippen LogP contribution in [0.4, 0.5) is 5.82 Å². The number of nitrogens with zero attached hydrogens (tertiary/aromatic N) is 2. The molecule has 0 bridgehead atoms. The van der Waals surface area contributed by atoms with E-state index < -0.39 is 0 Å². The smallest absolute Gasteiger partial charge is 0.257 e. The second-order valence-electron chi connectivity index (χ2n) is 4.19. The molecule has 1 N–H and O–H groups in total. The van der Waals surface area contributed by atoms with E-state index >= 15 is 0 Å². The predicted octanol–water partition coefficient (Wildman–Crippen LogP) is 2.68. The summed E-state index contributed by atoms with van der Waals surface area (Å²) in [4.78, 5) is 16.2. The fraction of sp³-hybridized carbons (Fsp3) is 0.154. The Morgan fingerprint density at radius 1 is 1.26 bits per heavy atom. The third kappa shape index (κ3) is 2.20. The number of anilines is 1. The molecule has 0 saturated heterocycles. The van der Waals surface area contributed by atoms with Gasteiger partial charge >= 0.3 is 0 Å². The molecule has 0 aliphatic rings. The predicted molar refractivity (Wildman–Crippen MR) is 67.9 cm³/mol. The lowest BCUT2D eigenvalue weighted by atomic mass is 10.2. The van der Waals surface area contributed by atoms with Gasteiger partial charge in [-0.05, 0) is 25.1 Å². The zero-order valence-electron chi connectivity index (χ0n) is 10.4. The van der Waals surface area contributed by atoms with Crippen LogP contribution in [0.5, 0.6) is 0 Å². The molecule has 1 aromatic carbocycles. The Hall–Kier alpha value is -2.63. The second kappa shape index (κ2) is 4.24. The normalized spacial score (nSPS) is 10.8. The molecule has 1 amide bonds. The number of hydrogen-bond acceptors (Lipinski definition) is 5. The van der Waals surface area contributed by atoms with Crippen LogP contribution in [-0.4, -0.2) is 16.0 Å². The van der Waals surface area contributed by atoms with E-state index in [1.807, 2.05) is 0 Å². The molecular formula is C13H11N3O3. The summed E-state index contributed by atoms with van der Waals surface area (Å²) in [5.74, 6) is 1.32. The molecule has 0 fully saturated rings. The van der Waals surface area contributed by atoms with Gasteiger partial charge in [0.05, 0.1) is 0 Å². The minimum atomic E-state index is -0.274. The fourth-order valence-corrected chi connectivity index (χ4v) is 1.79. The summed E-state index contributed by atoms with van der Waals surface area (Å²) < 4.78 is 10.3. The summed E-state index contributed by atoms with van der Waals surface area (Å²) in [5, 5.41) is 6.35. The number of carbonyl (C=O) groups excluding carboxylic acids is 1. The van der Waals surface area contributed by atoms with Crippen molar-refractivity contribution in [2.45, 2.75) is 13.8 Å². The number of amides is 1. The van der Waals surface area contributed by atoms with Gasteiger partial charge < -0.3 is 14.3 Å². The first-order valence-electron chi connectivity index (χ1n) is 5.74. The number of carbonyl (C=O) groups is 1. The summed E-state index contributed by atoms with van der Waals surface area (Å²) in [6.07, 6.45) is 0. The van der Waals surface area contributed by atoms with Gasteiger partial charge in [-0.1, -0.05) is 5.16 Å². The van der Waals surface area contributed by atoms with Crippen LogP contribution in [0.15, 0.2) is 33.2 Å². The Morgan fingerprint density at radius 2 is 2.11 bits per heavy atom. The molecule has 3 aromatic rings. The van der Waals surface area contributed by atoms with Crippen LogP contribution in [0.1, 0.15) is 22.0 Å². The Morgan fingerprint density at radius 3 is 2.84 bits per heavy atom. The number of fused-ring (bicyclic) bond motifs is 1. The van der Waals surface area contributed by atoms with Crippen LogP contribution in [0, 0.1) is 13.8 Å². The van der Waals surface area contributed by atoms with Crippen LogP contribution in [-0.2, 0) is 0 Å². The number of nitrogens with one attached hydrogen (secondary N) is 1. The summed E-state index contributed by atoms with van der Waals surface area (Å²) in [7, 11) is 0. The molecule has 19 heavy (non-hydrogen) atoms. The molecule has 0 aliphatic heterocycles. The largest absolute Gasteiger partial charge is 0.441 e. The summed E-state index contributed by atoms with van der Waals surface area (Å²) in [6, 6.07) is 6.73. The maximum Gasteiger partial charge on any atom is 0.257 e. The first-order valence-corrected chi connectivity index (χ1v) is 5.74. The van der Waals surface area contributed by atoms with E-state index in [2.05, 4.69) is 15.5 Å². The van der Waals surface area contributed by atoms with Crippen LogP contribution in [0.3, 0.4) is 0 Å². The van der Waals surface area contributed by atoms with Crippen molar-refractivity contribution in [3.8, 4) is 0 Å². The maximum atomic E-state index is 12.0. The maximum absolute atomic E-state index is 12.0. The first-order chi connectivity index (χ1) is 9.11. The van der Waals surface area contributed by atoms with Gasteiger partial charge in [0, 0.05) is 18.6 Å². The number of oxazole rings is 1. The molecule has 3 rings (SSSR count). The minimum absolute atomic E-state index is 0.274. The molecule has 6 nitrogen and oxygen atoms in total. The van der Waals surface area contributed by atoms with E-state index in [0.29, 0.717) is 28.6 Å². The van der Waals surface area contributed by atoms with Crippen molar-refractivity contribution in [2.75, 3.05) is 5.32 Å². The Bertz CT molecular complexity index is 757. The van der Waals surface area contributed by atoms with Gasteiger partial charge in [-0.25, -0.2) is 4.98 Å². The number of benzene rings is 1. The molecule has 0 atom stereocenters. The molecule has 96 valence electrons. The molecule has 0 radical (unpaired) electrons. The van der Waals surface area contributed by atoms with Crippen LogP contribution in [0.25, 0.3) is 11.1 Å². The third-order valence-electron chi connectivity index (χ3n) is 2.63. The molecule has 6 heteroatoms. The van der Waals surface area contributed by atoms with Crippen LogP contribution >= 0.6 is 0 Å². The van der Waals surface area contributed by atoms with E-state index in [9.17, 15) is 4.79 Å². The third-order valence-corrected chi connectivity index (χ3v) is 2.63. The van der Waals surface area contributed by atoms with E-state index in [4.69, 9.17) is 8.94 Å². The zero-order chi connectivity index (χ0) is 13.4. The first kappa shape index (κ1) is 11.5. The van der Waals surface area contributed by atoms with Crippen LogP contribution in [0.2, 0.25) is 0 Å². The van der Waals surface area contributed by atoms with Crippen molar-refractivity contribution in [1.29, 1.82) is 0 Å². The lowest BCUT2D eigenvalue weighted by molar-refractivity contribution is 0.102. The number of rotatable bonds is 2. The number of aryl methyl sites for hydroxylation is 2. The highest BCUT2D eigenvalue weighted by Gasteiger charge is 2.11. The summed E-state index contributed by atoms with van der Waals surface area (Å²) in [5.41, 5.74) is 1.79. The monoisotopic (exact) mass is 257 g/mol. The number of hydrogen-bond donors (Lipinski definition) is 1. The van der Waals surface area contributed by atoms with Gasteiger partial charge in [0.2, 0.25) is 0 Å². The fourth-order valence-electron chi connectivity index (χ4n) is 1.79. The van der Waals surface area contributed by atoms with Gasteiger partial charge in [0.15, 0.2) is 17.3 Å². The molecule has 0 aliphatic carbocycles. The van der Waals surface area contributed by atoms with Gasteiger partial charge in [0.25, 0.3) is 5.91 Å². The molecule has 0 saturated carbocycles. The second-order valence-corrected chi connectivity index (χ2v) is 4.19. The average Bonchev–Trinajstić information content (AvgIpc) is 2.93. The summed E-state index contributed by atoms with van der Waals surface area (Å²) in [6.45, 7) is 3.52. The van der Waals surface area contributed by atoms with E-state index in [1.165, 1.54) is 0 Å². The van der Waals surface area contributed by atoms with Gasteiger partial charge in [0.1, 0.15) is 11.3 Å². The minimum Gasteiger partial charge on any atom is -0.441 e. The quantitative estimate of drug-likeness (QED) is 0.763. The highest BCUT2D eigenvalue weighted by atomic mass is 16.5. The van der Waals surface area contributed by atoms with Crippen molar-refractivity contribution < 1.29 is 13.7 Å². The highest BCUT2D eigenvalue weighted by molar-refractivity contribution is 6.05. The molecular weight excluding hydrogens is 246 g/mol. The molecule has 0 spiro atoms. The molecule has 2 heterocycles. The Labute approximate surface area is 108 Å². The summed E-state index contributed by atoms with van der Waals surface area (Å²) >= 11 is 0. The van der Waals surface area contributed by atoms with E-state index in [0.717, 1.165) is 5.52 Å². The van der Waals surface area contributed by atoms with Crippen LogP contribution < -0.4 is 5.32 Å². The Balaban J connectivity index is 1.88. The SMILES string of the molecule is Cc1cc(NC(=O)c2ccc3nc(C)oc3c2)no1. The van der Waals surface area contributed by atoms with Gasteiger partial charge in [-0.15, -0.1) is 0 Å². The average molecular weight is 257 g/mol. The van der Waals surface area contributed by atoms with Crippen molar-refractivity contribution in [3.63, 3.8) is 0 Å². The number of aromatic nitrogens is 2. The zero-order valence-corrected chi connectivity index (χ0v) is 10.4. The standard InChI is InChI=1S/C13H11N3O3/c1-7-5-12(16-19-7)15-13(17)9-3-4-10-11(6-9)18-8(2)14-10/h3-6H,1-2H3,(H,15,16,17). The van der Waals surface area contributed by atoms with E-state index in [-0.39, 0.29) is 5.91 Å². The topological polar surface area (TPSA) is 81.2 Å². The highest BCUT2D eigenvalue weighted by Crippen LogP contribution is 2.18. The van der Waals surface area contributed by atoms with Crippen molar-refractivity contribution in [1.82, 2.24) is 10.1 Å². The van der Waals surface area contributed by atoms with Crippen molar-refractivity contribution >= 4 is 22.8 Å². The Kier molecular flexibility index (Phi) is 2.56. The van der Waals surface area contributed by atoms with Gasteiger partial charge in [-0.2, -0.15) is 0 Å².